The van der Waals surface area contributed by atoms with Gasteiger partial charge >= 0.3 is 0 Å². The molecule has 0 spiro atoms. The van der Waals surface area contributed by atoms with E-state index in [1.165, 1.54) is 68.4 Å². The quantitative estimate of drug-likeness (QED) is 0.730. The van der Waals surface area contributed by atoms with Crippen LogP contribution in [0.25, 0.3) is 0 Å². The van der Waals surface area contributed by atoms with Crippen molar-refractivity contribution in [2.45, 2.75) is 84.1 Å². The van der Waals surface area contributed by atoms with Crippen molar-refractivity contribution in [1.82, 2.24) is 10.3 Å². The zero-order valence-corrected chi connectivity index (χ0v) is 15.9. The van der Waals surface area contributed by atoms with E-state index in [0.29, 0.717) is 6.04 Å². The molecule has 0 unspecified atom stereocenters. The van der Waals surface area contributed by atoms with Crippen LogP contribution in [0.15, 0.2) is 0 Å². The fourth-order valence-electron chi connectivity index (χ4n) is 2.86. The van der Waals surface area contributed by atoms with Crippen LogP contribution in [0, 0.1) is 0 Å². The number of nitrogens with two attached hydrogens (primary N) is 2. The molecular weight excluding hydrogens is 304 g/mol. The Morgan fingerprint density at radius 1 is 1.09 bits per heavy atom. The Morgan fingerprint density at radius 2 is 1.78 bits per heavy atom. The summed E-state index contributed by atoms with van der Waals surface area (Å²) in [6.45, 7) is 6.56. The Bertz CT molecular complexity index is 372. The highest BCUT2D eigenvalue weighted by molar-refractivity contribution is 7.15. The van der Waals surface area contributed by atoms with Crippen molar-refractivity contribution in [2.75, 3.05) is 18.8 Å². The first-order valence-electron chi connectivity index (χ1n) is 9.37. The Labute approximate surface area is 146 Å². The number of nitrogen functional groups attached to an aromatic ring is 1. The van der Waals surface area contributed by atoms with E-state index in [-0.39, 0.29) is 0 Å². The maximum atomic E-state index is 5.63. The highest BCUT2D eigenvalue weighted by atomic mass is 32.1. The number of hydrogen-bond donors (Lipinski definition) is 3. The standard InChI is InChI=1S/C7H10N2S.C6H13N.C5H13N/c8-7-9-5-3-1-2-4-6(5)10-7;7-6-4-2-1-3-5-6;1-3-5-6-4-2/h1-4H2,(H2,8,9);6H,1-5,7H2;6H,3-5H2,1-2H3. The maximum Gasteiger partial charge on any atom is 0.180 e. The third-order valence-corrected chi connectivity index (χ3v) is 5.18. The molecule has 5 heteroatoms. The van der Waals surface area contributed by atoms with Gasteiger partial charge in [-0.25, -0.2) is 4.98 Å². The molecule has 1 aromatic heterocycles. The van der Waals surface area contributed by atoms with Crippen molar-refractivity contribution < 1.29 is 0 Å². The molecule has 0 aromatic carbocycles. The van der Waals surface area contributed by atoms with E-state index in [1.54, 1.807) is 11.3 Å². The molecule has 23 heavy (non-hydrogen) atoms. The SMILES string of the molecule is CCCNCC.NC1CCCCC1.Nc1nc2c(s1)CCCC2. The second-order valence-electron chi connectivity index (χ2n) is 6.38. The lowest BCUT2D eigenvalue weighted by Crippen LogP contribution is -2.22. The summed E-state index contributed by atoms with van der Waals surface area (Å²) < 4.78 is 0. The highest BCUT2D eigenvalue weighted by Gasteiger charge is 2.12. The molecule has 0 bridgehead atoms. The van der Waals surface area contributed by atoms with Gasteiger partial charge in [-0.2, -0.15) is 0 Å². The molecule has 134 valence electrons. The summed E-state index contributed by atoms with van der Waals surface area (Å²) in [5.41, 5.74) is 12.5. The predicted molar refractivity (Wildman–Crippen MR) is 103 cm³/mol. The van der Waals surface area contributed by atoms with E-state index in [2.05, 4.69) is 24.1 Å². The van der Waals surface area contributed by atoms with Crippen LogP contribution in [0.3, 0.4) is 0 Å². The van der Waals surface area contributed by atoms with Crippen molar-refractivity contribution in [3.8, 4) is 0 Å². The zero-order chi connectivity index (χ0) is 16.9. The average Bonchev–Trinajstić information content (AvgIpc) is 2.95. The summed E-state index contributed by atoms with van der Waals surface area (Å²) in [6.07, 6.45) is 12.8. The van der Waals surface area contributed by atoms with E-state index >= 15 is 0 Å². The van der Waals surface area contributed by atoms with Gasteiger partial charge in [-0.1, -0.05) is 33.1 Å². The first kappa shape index (κ1) is 20.4. The molecule has 4 nitrogen and oxygen atoms in total. The van der Waals surface area contributed by atoms with Crippen molar-refractivity contribution >= 4 is 16.5 Å². The van der Waals surface area contributed by atoms with Crippen LogP contribution in [0.4, 0.5) is 5.13 Å². The van der Waals surface area contributed by atoms with Crippen molar-refractivity contribution in [3.63, 3.8) is 0 Å². The number of rotatable bonds is 3. The lowest BCUT2D eigenvalue weighted by atomic mass is 9.97. The fraction of sp³-hybridized carbons (Fsp3) is 0.833. The van der Waals surface area contributed by atoms with Gasteiger partial charge in [0.25, 0.3) is 0 Å². The van der Waals surface area contributed by atoms with Crippen LogP contribution in [-0.4, -0.2) is 24.1 Å². The molecule has 1 saturated carbocycles. The highest BCUT2D eigenvalue weighted by Crippen LogP contribution is 2.27. The Hall–Kier alpha value is -0.650. The van der Waals surface area contributed by atoms with E-state index in [9.17, 15) is 0 Å². The van der Waals surface area contributed by atoms with Crippen LogP contribution in [0.1, 0.15) is 75.8 Å². The topological polar surface area (TPSA) is 77.0 Å². The third-order valence-electron chi connectivity index (χ3n) is 4.19. The van der Waals surface area contributed by atoms with Gasteiger partial charge in [0.2, 0.25) is 0 Å². The van der Waals surface area contributed by atoms with Gasteiger partial charge in [-0.3, -0.25) is 0 Å². The number of aryl methyl sites for hydroxylation is 2. The summed E-state index contributed by atoms with van der Waals surface area (Å²) in [4.78, 5) is 5.67. The van der Waals surface area contributed by atoms with Crippen molar-refractivity contribution in [2.24, 2.45) is 5.73 Å². The van der Waals surface area contributed by atoms with Gasteiger partial charge in [-0.05, 0) is 58.0 Å². The molecule has 1 aromatic rings. The van der Waals surface area contributed by atoms with E-state index in [4.69, 9.17) is 11.5 Å². The molecule has 5 N–H and O–H groups in total. The molecule has 0 aliphatic heterocycles. The van der Waals surface area contributed by atoms with Crippen molar-refractivity contribution in [1.29, 1.82) is 0 Å². The van der Waals surface area contributed by atoms with Gasteiger partial charge in [0.1, 0.15) is 0 Å². The Morgan fingerprint density at radius 3 is 2.26 bits per heavy atom. The normalized spacial score (nSPS) is 17.3. The van der Waals surface area contributed by atoms with Gasteiger partial charge in [0, 0.05) is 10.9 Å². The van der Waals surface area contributed by atoms with Crippen LogP contribution >= 0.6 is 11.3 Å². The van der Waals surface area contributed by atoms with Crippen LogP contribution < -0.4 is 16.8 Å². The molecule has 0 radical (unpaired) electrons. The summed E-state index contributed by atoms with van der Waals surface area (Å²) in [5, 5.41) is 3.94. The smallest absolute Gasteiger partial charge is 0.180 e. The molecular formula is C18H36N4S. The Balaban J connectivity index is 0.000000181. The average molecular weight is 341 g/mol. The zero-order valence-electron chi connectivity index (χ0n) is 15.1. The minimum Gasteiger partial charge on any atom is -0.375 e. The Kier molecular flexibility index (Phi) is 11.3. The summed E-state index contributed by atoms with van der Waals surface area (Å²) >= 11 is 1.66. The number of thiazole rings is 1. The number of anilines is 1. The summed E-state index contributed by atoms with van der Waals surface area (Å²) in [5.74, 6) is 0. The van der Waals surface area contributed by atoms with Crippen LogP contribution in [0.5, 0.6) is 0 Å². The molecule has 2 aliphatic rings. The molecule has 1 heterocycles. The lowest BCUT2D eigenvalue weighted by Gasteiger charge is -2.15. The van der Waals surface area contributed by atoms with E-state index in [0.717, 1.165) is 24.6 Å². The van der Waals surface area contributed by atoms with E-state index in [1.807, 2.05) is 0 Å². The molecule has 1 fully saturated rings. The molecule has 3 rings (SSSR count). The summed E-state index contributed by atoms with van der Waals surface area (Å²) in [7, 11) is 0. The number of hydrogen-bond acceptors (Lipinski definition) is 5. The van der Waals surface area contributed by atoms with Crippen molar-refractivity contribution in [3.05, 3.63) is 10.6 Å². The molecule has 0 saturated heterocycles. The monoisotopic (exact) mass is 340 g/mol. The number of aromatic nitrogens is 1. The number of fused-ring (bicyclic) bond motifs is 1. The second-order valence-corrected chi connectivity index (χ2v) is 7.50. The first-order valence-corrected chi connectivity index (χ1v) is 10.2. The largest absolute Gasteiger partial charge is 0.375 e. The first-order chi connectivity index (χ1) is 11.2. The van der Waals surface area contributed by atoms with E-state index < -0.39 is 0 Å². The van der Waals surface area contributed by atoms with Gasteiger partial charge in [-0.15, -0.1) is 11.3 Å². The van der Waals surface area contributed by atoms with Crippen LogP contribution in [-0.2, 0) is 12.8 Å². The second kappa shape index (κ2) is 12.7. The van der Waals surface area contributed by atoms with Gasteiger partial charge < -0.3 is 16.8 Å². The van der Waals surface area contributed by atoms with Crippen LogP contribution in [0.2, 0.25) is 0 Å². The minimum absolute atomic E-state index is 0.536. The predicted octanol–water partition coefficient (Wildman–Crippen LogP) is 3.89. The third kappa shape index (κ3) is 9.28. The van der Waals surface area contributed by atoms with Gasteiger partial charge in [0.05, 0.1) is 5.69 Å². The molecule has 0 amide bonds. The lowest BCUT2D eigenvalue weighted by molar-refractivity contribution is 0.441. The molecule has 2 aliphatic carbocycles. The summed E-state index contributed by atoms with van der Waals surface area (Å²) in [6, 6.07) is 0.536. The van der Waals surface area contributed by atoms with Gasteiger partial charge in [0.15, 0.2) is 5.13 Å². The maximum absolute atomic E-state index is 5.63. The number of nitrogens with zero attached hydrogens (tertiary/aromatic N) is 1. The molecule has 0 atom stereocenters. The fourth-order valence-corrected chi connectivity index (χ4v) is 3.78. The minimum atomic E-state index is 0.536. The number of nitrogens with one attached hydrogen (secondary N) is 1.